The Labute approximate surface area is 124 Å². The lowest BCUT2D eigenvalue weighted by atomic mass is 10.1. The Morgan fingerprint density at radius 2 is 1.80 bits per heavy atom. The first-order valence-electron chi connectivity index (χ1n) is 6.26. The first-order valence-corrected chi connectivity index (χ1v) is 8.29. The highest BCUT2D eigenvalue weighted by Crippen LogP contribution is 2.16. The van der Waals surface area contributed by atoms with Crippen LogP contribution in [0.15, 0.2) is 54.6 Å². The number of sulfonamides is 1. The van der Waals surface area contributed by atoms with E-state index in [0.717, 1.165) is 5.56 Å². The van der Waals surface area contributed by atoms with E-state index in [-0.39, 0.29) is 11.8 Å². The molecule has 106 valence electrons. The Morgan fingerprint density at radius 1 is 1.10 bits per heavy atom. The van der Waals surface area contributed by atoms with Gasteiger partial charge in [0, 0.05) is 11.1 Å². The lowest BCUT2D eigenvalue weighted by Gasteiger charge is -2.14. The zero-order chi connectivity index (χ0) is 14.6. The maximum absolute atomic E-state index is 12.1. The van der Waals surface area contributed by atoms with Gasteiger partial charge in [-0.15, -0.1) is 0 Å². The van der Waals surface area contributed by atoms with Gasteiger partial charge in [-0.3, -0.25) is 0 Å². The van der Waals surface area contributed by atoms with Crippen molar-refractivity contribution in [2.24, 2.45) is 0 Å². The third kappa shape index (κ3) is 4.34. The van der Waals surface area contributed by atoms with Crippen molar-refractivity contribution in [2.75, 3.05) is 0 Å². The normalized spacial score (nSPS) is 13.1. The molecule has 0 aliphatic rings. The Balaban J connectivity index is 2.08. The second-order valence-electron chi connectivity index (χ2n) is 4.64. The van der Waals surface area contributed by atoms with Crippen molar-refractivity contribution >= 4 is 21.6 Å². The maximum Gasteiger partial charge on any atom is 0.216 e. The second kappa shape index (κ2) is 6.39. The summed E-state index contributed by atoms with van der Waals surface area (Å²) >= 11 is 5.86. The van der Waals surface area contributed by atoms with Crippen LogP contribution in [0.25, 0.3) is 0 Å². The molecule has 20 heavy (non-hydrogen) atoms. The van der Waals surface area contributed by atoms with Gasteiger partial charge in [0.1, 0.15) is 0 Å². The van der Waals surface area contributed by atoms with Crippen LogP contribution in [0.2, 0.25) is 5.02 Å². The van der Waals surface area contributed by atoms with E-state index in [1.807, 2.05) is 37.3 Å². The standard InChI is InChI=1S/C15H16ClNO2S/c1-12(14-7-3-2-4-8-14)17-20(18,19)11-13-6-5-9-15(16)10-13/h2-10,12,17H,11H2,1H3. The molecule has 0 saturated heterocycles. The van der Waals surface area contributed by atoms with Gasteiger partial charge in [-0.05, 0) is 30.2 Å². The molecule has 2 rings (SSSR count). The summed E-state index contributed by atoms with van der Waals surface area (Å²) in [7, 11) is -3.41. The average molecular weight is 310 g/mol. The van der Waals surface area contributed by atoms with Crippen LogP contribution in [0, 0.1) is 0 Å². The van der Waals surface area contributed by atoms with Crippen LogP contribution in [-0.4, -0.2) is 8.42 Å². The molecule has 0 saturated carbocycles. The molecule has 1 N–H and O–H groups in total. The summed E-state index contributed by atoms with van der Waals surface area (Å²) in [5, 5.41) is 0.536. The Kier molecular flexibility index (Phi) is 4.81. The number of nitrogens with one attached hydrogen (secondary N) is 1. The van der Waals surface area contributed by atoms with Crippen molar-refractivity contribution < 1.29 is 8.42 Å². The van der Waals surface area contributed by atoms with Crippen LogP contribution < -0.4 is 4.72 Å². The fourth-order valence-electron chi connectivity index (χ4n) is 1.97. The summed E-state index contributed by atoms with van der Waals surface area (Å²) in [6.07, 6.45) is 0. The van der Waals surface area contributed by atoms with E-state index < -0.39 is 10.0 Å². The summed E-state index contributed by atoms with van der Waals surface area (Å²) in [4.78, 5) is 0. The highest BCUT2D eigenvalue weighted by atomic mass is 35.5. The fourth-order valence-corrected chi connectivity index (χ4v) is 3.56. The van der Waals surface area contributed by atoms with Crippen LogP contribution >= 0.6 is 11.6 Å². The third-order valence-corrected chi connectivity index (χ3v) is 4.56. The van der Waals surface area contributed by atoms with Crippen molar-refractivity contribution in [3.8, 4) is 0 Å². The summed E-state index contributed by atoms with van der Waals surface area (Å²) in [5.74, 6) is -0.0786. The minimum atomic E-state index is -3.41. The SMILES string of the molecule is CC(NS(=O)(=O)Cc1cccc(Cl)c1)c1ccccc1. The average Bonchev–Trinajstić information content (AvgIpc) is 2.38. The summed E-state index contributed by atoms with van der Waals surface area (Å²) in [6.45, 7) is 1.82. The van der Waals surface area contributed by atoms with E-state index in [9.17, 15) is 8.42 Å². The van der Waals surface area contributed by atoms with E-state index in [4.69, 9.17) is 11.6 Å². The van der Waals surface area contributed by atoms with E-state index >= 15 is 0 Å². The van der Waals surface area contributed by atoms with E-state index in [0.29, 0.717) is 10.6 Å². The van der Waals surface area contributed by atoms with Crippen LogP contribution in [0.3, 0.4) is 0 Å². The Bertz CT molecular complexity index is 671. The molecule has 1 atom stereocenters. The highest BCUT2D eigenvalue weighted by Gasteiger charge is 2.16. The van der Waals surface area contributed by atoms with E-state index in [1.165, 1.54) is 0 Å². The van der Waals surface area contributed by atoms with Gasteiger partial charge in [0.05, 0.1) is 5.75 Å². The minimum absolute atomic E-state index is 0.0786. The molecule has 0 aliphatic heterocycles. The zero-order valence-corrected chi connectivity index (χ0v) is 12.7. The van der Waals surface area contributed by atoms with Crippen LogP contribution in [0.5, 0.6) is 0 Å². The summed E-state index contributed by atoms with van der Waals surface area (Å²) in [5.41, 5.74) is 1.60. The van der Waals surface area contributed by atoms with Crippen LogP contribution in [0.1, 0.15) is 24.1 Å². The van der Waals surface area contributed by atoms with Gasteiger partial charge in [0.25, 0.3) is 0 Å². The Hall–Kier alpha value is -1.36. The van der Waals surface area contributed by atoms with Crippen molar-refractivity contribution in [1.82, 2.24) is 4.72 Å². The highest BCUT2D eigenvalue weighted by molar-refractivity contribution is 7.88. The van der Waals surface area contributed by atoms with Crippen molar-refractivity contribution in [3.05, 3.63) is 70.7 Å². The number of hydrogen-bond acceptors (Lipinski definition) is 2. The van der Waals surface area contributed by atoms with Gasteiger partial charge in [-0.1, -0.05) is 54.1 Å². The molecule has 3 nitrogen and oxygen atoms in total. The third-order valence-electron chi connectivity index (χ3n) is 2.90. The topological polar surface area (TPSA) is 46.2 Å². The Morgan fingerprint density at radius 3 is 2.45 bits per heavy atom. The smallest absolute Gasteiger partial charge is 0.212 e. The van der Waals surface area contributed by atoms with Gasteiger partial charge >= 0.3 is 0 Å². The lowest BCUT2D eigenvalue weighted by molar-refractivity contribution is 0.566. The molecule has 1 unspecified atom stereocenters. The van der Waals surface area contributed by atoms with Gasteiger partial charge in [0.2, 0.25) is 10.0 Å². The molecule has 5 heteroatoms. The van der Waals surface area contributed by atoms with Crippen molar-refractivity contribution in [2.45, 2.75) is 18.7 Å². The van der Waals surface area contributed by atoms with Gasteiger partial charge in [-0.25, -0.2) is 13.1 Å². The molecule has 2 aromatic rings. The van der Waals surface area contributed by atoms with Crippen molar-refractivity contribution in [1.29, 1.82) is 0 Å². The molecule has 0 fully saturated rings. The molecule has 0 spiro atoms. The quantitative estimate of drug-likeness (QED) is 0.918. The predicted octanol–water partition coefficient (Wildman–Crippen LogP) is 3.52. The first kappa shape index (κ1) is 15.0. The van der Waals surface area contributed by atoms with Gasteiger partial charge < -0.3 is 0 Å². The van der Waals surface area contributed by atoms with E-state index in [1.54, 1.807) is 24.3 Å². The van der Waals surface area contributed by atoms with Crippen LogP contribution in [0.4, 0.5) is 0 Å². The fraction of sp³-hybridized carbons (Fsp3) is 0.200. The molecule has 0 aromatic heterocycles. The van der Waals surface area contributed by atoms with Crippen LogP contribution in [-0.2, 0) is 15.8 Å². The second-order valence-corrected chi connectivity index (χ2v) is 6.83. The zero-order valence-electron chi connectivity index (χ0n) is 11.1. The molecule has 0 radical (unpaired) electrons. The summed E-state index contributed by atoms with van der Waals surface area (Å²) < 4.78 is 27.0. The number of halogens is 1. The summed E-state index contributed by atoms with van der Waals surface area (Å²) in [6, 6.07) is 16.1. The lowest BCUT2D eigenvalue weighted by Crippen LogP contribution is -2.28. The van der Waals surface area contributed by atoms with Crippen molar-refractivity contribution in [3.63, 3.8) is 0 Å². The minimum Gasteiger partial charge on any atom is -0.212 e. The molecular weight excluding hydrogens is 294 g/mol. The maximum atomic E-state index is 12.1. The molecular formula is C15H16ClNO2S. The predicted molar refractivity (Wildman–Crippen MR) is 82.1 cm³/mol. The largest absolute Gasteiger partial charge is 0.216 e. The molecule has 0 aliphatic carbocycles. The van der Waals surface area contributed by atoms with Gasteiger partial charge in [-0.2, -0.15) is 0 Å². The van der Waals surface area contributed by atoms with E-state index in [2.05, 4.69) is 4.72 Å². The molecule has 0 bridgehead atoms. The molecule has 0 amide bonds. The molecule has 2 aromatic carbocycles. The first-order chi connectivity index (χ1) is 9.46. The monoisotopic (exact) mass is 309 g/mol. The number of benzene rings is 2. The number of hydrogen-bond donors (Lipinski definition) is 1. The van der Waals surface area contributed by atoms with Gasteiger partial charge in [0.15, 0.2) is 0 Å². The number of rotatable bonds is 5. The molecule has 0 heterocycles.